The molecule has 2 amide bonds. The van der Waals surface area contributed by atoms with Crippen LogP contribution in [-0.2, 0) is 28.3 Å². The van der Waals surface area contributed by atoms with E-state index in [9.17, 15) is 18.9 Å². The first-order valence-corrected chi connectivity index (χ1v) is 14.4. The molecule has 11 heteroatoms. The Labute approximate surface area is 223 Å². The minimum atomic E-state index is -3.72. The molecular formula is C27H23N2O7PS. The molecule has 0 saturated carbocycles. The maximum absolute atomic E-state index is 14.4. The maximum atomic E-state index is 14.4. The van der Waals surface area contributed by atoms with Crippen molar-refractivity contribution in [2.45, 2.75) is 11.8 Å². The molecule has 0 spiro atoms. The SMILES string of the molecule is O=C(COc1ccccc1)NOC(=O)C1=C(OP(=O)(c2ccccc2)c2ccccc2)CS[C@H]2CC(=O)N12. The summed E-state index contributed by atoms with van der Waals surface area (Å²) in [5.74, 6) is -1.31. The number of thioether (sulfide) groups is 1. The Morgan fingerprint density at radius 1 is 0.921 bits per heavy atom. The second-order valence-corrected chi connectivity index (χ2v) is 11.8. The van der Waals surface area contributed by atoms with Crippen molar-refractivity contribution in [1.82, 2.24) is 10.4 Å². The van der Waals surface area contributed by atoms with Crippen LogP contribution in [0.1, 0.15) is 6.42 Å². The average Bonchev–Trinajstić information content (AvgIpc) is 2.96. The third-order valence-corrected chi connectivity index (χ3v) is 9.44. The lowest BCUT2D eigenvalue weighted by molar-refractivity contribution is -0.160. The molecule has 38 heavy (non-hydrogen) atoms. The summed E-state index contributed by atoms with van der Waals surface area (Å²) in [6, 6.07) is 26.0. The summed E-state index contributed by atoms with van der Waals surface area (Å²) < 4.78 is 26.0. The van der Waals surface area contributed by atoms with Crippen molar-refractivity contribution in [1.29, 1.82) is 0 Å². The fraction of sp³-hybridized carbons (Fsp3) is 0.148. The minimum absolute atomic E-state index is 0.0372. The van der Waals surface area contributed by atoms with Gasteiger partial charge in [-0.3, -0.25) is 19.1 Å². The van der Waals surface area contributed by atoms with E-state index in [0.29, 0.717) is 16.4 Å². The molecule has 3 aromatic rings. The van der Waals surface area contributed by atoms with Crippen LogP contribution in [0.15, 0.2) is 102 Å². The Morgan fingerprint density at radius 2 is 1.50 bits per heavy atom. The van der Waals surface area contributed by atoms with Gasteiger partial charge in [-0.15, -0.1) is 11.8 Å². The van der Waals surface area contributed by atoms with E-state index in [2.05, 4.69) is 5.48 Å². The summed E-state index contributed by atoms with van der Waals surface area (Å²) in [5.41, 5.74) is 1.87. The number of hydrogen-bond acceptors (Lipinski definition) is 8. The predicted molar refractivity (Wildman–Crippen MR) is 142 cm³/mol. The summed E-state index contributed by atoms with van der Waals surface area (Å²) in [7, 11) is -3.72. The van der Waals surface area contributed by atoms with E-state index in [-0.39, 0.29) is 34.9 Å². The van der Waals surface area contributed by atoms with Crippen LogP contribution in [0.4, 0.5) is 0 Å². The highest BCUT2D eigenvalue weighted by atomic mass is 32.2. The standard InChI is InChI=1S/C27H23N2O7PS/c30-23(17-34-19-10-4-1-5-11-19)28-35-27(32)26-22(18-38-25-16-24(31)29(25)26)36-37(33,20-12-6-2-7-13-20)21-14-8-3-9-15-21/h1-15,25H,16-18H2,(H,28,30)/t25-/m0/s1. The van der Waals surface area contributed by atoms with Crippen LogP contribution in [0.25, 0.3) is 0 Å². The maximum Gasteiger partial charge on any atom is 0.382 e. The normalized spacial score (nSPS) is 16.7. The van der Waals surface area contributed by atoms with Crippen LogP contribution in [0.5, 0.6) is 5.75 Å². The zero-order valence-corrected chi connectivity index (χ0v) is 21.7. The van der Waals surface area contributed by atoms with Crippen molar-refractivity contribution in [3.63, 3.8) is 0 Å². The van der Waals surface area contributed by atoms with Crippen LogP contribution in [0.2, 0.25) is 0 Å². The fourth-order valence-corrected chi connectivity index (χ4v) is 7.31. The minimum Gasteiger partial charge on any atom is -0.484 e. The number of hydroxylamine groups is 1. The van der Waals surface area contributed by atoms with Gasteiger partial charge in [-0.1, -0.05) is 54.6 Å². The number of nitrogens with zero attached hydrogens (tertiary/aromatic N) is 1. The van der Waals surface area contributed by atoms with Gasteiger partial charge in [-0.25, -0.2) is 4.79 Å². The monoisotopic (exact) mass is 550 g/mol. The molecular weight excluding hydrogens is 527 g/mol. The summed E-state index contributed by atoms with van der Waals surface area (Å²) in [6.07, 6.45) is 0.251. The number of fused-ring (bicyclic) bond motifs is 1. The lowest BCUT2D eigenvalue weighted by Gasteiger charge is -2.44. The Morgan fingerprint density at radius 3 is 2.08 bits per heavy atom. The fourth-order valence-electron chi connectivity index (χ4n) is 3.95. The van der Waals surface area contributed by atoms with Gasteiger partial charge in [-0.2, -0.15) is 5.48 Å². The Kier molecular flexibility index (Phi) is 7.53. The van der Waals surface area contributed by atoms with E-state index >= 15 is 0 Å². The van der Waals surface area contributed by atoms with Crippen LogP contribution < -0.4 is 20.8 Å². The Hall–Kier alpha value is -4.01. The number of amides is 2. The van der Waals surface area contributed by atoms with Crippen molar-refractivity contribution in [2.75, 3.05) is 12.4 Å². The summed E-state index contributed by atoms with van der Waals surface area (Å²) in [6.45, 7) is -0.391. The van der Waals surface area contributed by atoms with Gasteiger partial charge < -0.3 is 14.1 Å². The van der Waals surface area contributed by atoms with Gasteiger partial charge in [0, 0.05) is 0 Å². The first-order chi connectivity index (χ1) is 18.5. The number of β-lactam (4-membered cyclic amide) rings is 1. The summed E-state index contributed by atoms with van der Waals surface area (Å²) in [5, 5.41) is 0.585. The van der Waals surface area contributed by atoms with E-state index in [1.165, 1.54) is 16.7 Å². The van der Waals surface area contributed by atoms with E-state index in [1.54, 1.807) is 84.9 Å². The molecule has 2 aliphatic heterocycles. The first-order valence-electron chi connectivity index (χ1n) is 11.7. The van der Waals surface area contributed by atoms with Crippen molar-refractivity contribution >= 4 is 47.5 Å². The van der Waals surface area contributed by atoms with Crippen molar-refractivity contribution in [3.05, 3.63) is 102 Å². The molecule has 0 unspecified atom stereocenters. The molecule has 0 aromatic heterocycles. The van der Waals surface area contributed by atoms with E-state index < -0.39 is 25.9 Å². The molecule has 194 valence electrons. The molecule has 0 bridgehead atoms. The molecule has 9 nitrogen and oxygen atoms in total. The van der Waals surface area contributed by atoms with Crippen molar-refractivity contribution in [3.8, 4) is 5.75 Å². The van der Waals surface area contributed by atoms with Crippen LogP contribution in [0.3, 0.4) is 0 Å². The Bertz CT molecular complexity index is 1370. The number of carbonyl (C=O) groups is 3. The molecule has 1 N–H and O–H groups in total. The highest BCUT2D eigenvalue weighted by Crippen LogP contribution is 2.50. The van der Waals surface area contributed by atoms with Gasteiger partial charge in [0.2, 0.25) is 5.91 Å². The molecule has 2 heterocycles. The smallest absolute Gasteiger partial charge is 0.382 e. The highest BCUT2D eigenvalue weighted by Gasteiger charge is 2.48. The molecule has 2 aliphatic rings. The van der Waals surface area contributed by atoms with Gasteiger partial charge in [0.15, 0.2) is 12.3 Å². The quantitative estimate of drug-likeness (QED) is 0.259. The van der Waals surface area contributed by atoms with E-state index in [4.69, 9.17) is 14.1 Å². The summed E-state index contributed by atoms with van der Waals surface area (Å²) in [4.78, 5) is 44.2. The van der Waals surface area contributed by atoms with Gasteiger partial charge in [0.1, 0.15) is 11.5 Å². The average molecular weight is 551 g/mol. The zero-order valence-electron chi connectivity index (χ0n) is 20.0. The van der Waals surface area contributed by atoms with Crippen LogP contribution in [-0.4, -0.2) is 40.4 Å². The molecule has 0 aliphatic carbocycles. The Balaban J connectivity index is 1.40. The van der Waals surface area contributed by atoms with E-state index in [1.807, 2.05) is 6.07 Å². The van der Waals surface area contributed by atoms with Gasteiger partial charge in [0.05, 0.1) is 28.2 Å². The number of ether oxygens (including phenoxy) is 1. The van der Waals surface area contributed by atoms with E-state index in [0.717, 1.165) is 0 Å². The number of benzene rings is 3. The molecule has 3 aromatic carbocycles. The largest absolute Gasteiger partial charge is 0.484 e. The van der Waals surface area contributed by atoms with Crippen molar-refractivity contribution < 1.29 is 33.0 Å². The predicted octanol–water partition coefficient (Wildman–Crippen LogP) is 3.10. The second kappa shape index (κ2) is 11.2. The molecule has 1 atom stereocenters. The number of hydrogen-bond donors (Lipinski definition) is 1. The van der Waals surface area contributed by atoms with Gasteiger partial charge in [0.25, 0.3) is 5.91 Å². The molecule has 1 fully saturated rings. The molecule has 0 radical (unpaired) electrons. The van der Waals surface area contributed by atoms with Crippen LogP contribution >= 0.6 is 19.1 Å². The highest BCUT2D eigenvalue weighted by molar-refractivity contribution is 8.00. The third kappa shape index (κ3) is 5.32. The number of carbonyl (C=O) groups excluding carboxylic acids is 3. The number of nitrogens with one attached hydrogen (secondary N) is 1. The number of para-hydroxylation sites is 1. The van der Waals surface area contributed by atoms with Crippen molar-refractivity contribution in [2.24, 2.45) is 0 Å². The first kappa shape index (κ1) is 25.6. The lowest BCUT2D eigenvalue weighted by Crippen LogP contribution is -2.54. The van der Waals surface area contributed by atoms with Gasteiger partial charge in [-0.05, 0) is 36.4 Å². The lowest BCUT2D eigenvalue weighted by atomic mass is 10.1. The third-order valence-electron chi connectivity index (χ3n) is 5.81. The topological polar surface area (TPSA) is 111 Å². The molecule has 1 saturated heterocycles. The zero-order chi connectivity index (χ0) is 26.5. The van der Waals surface area contributed by atoms with Gasteiger partial charge >= 0.3 is 13.3 Å². The number of rotatable bonds is 8. The molecule has 5 rings (SSSR count). The van der Waals surface area contributed by atoms with Crippen LogP contribution in [0, 0.1) is 0 Å². The summed E-state index contributed by atoms with van der Waals surface area (Å²) >= 11 is 1.39. The second-order valence-electron chi connectivity index (χ2n) is 8.34.